The quantitative estimate of drug-likeness (QED) is 0.789. The number of morpholine rings is 1. The third-order valence-corrected chi connectivity index (χ3v) is 3.37. The number of halogens is 1. The molecule has 1 heterocycles. The molecule has 0 bridgehead atoms. The Hall–Kier alpha value is -0.900. The molecular formula is C14H18ClNO2. The summed E-state index contributed by atoms with van der Waals surface area (Å²) in [6, 6.07) is 7.19. The summed E-state index contributed by atoms with van der Waals surface area (Å²) in [5, 5.41) is 0.525. The molecule has 98 valence electrons. The molecule has 18 heavy (non-hydrogen) atoms. The summed E-state index contributed by atoms with van der Waals surface area (Å²) in [6.07, 6.45) is 0.348. The highest BCUT2D eigenvalue weighted by atomic mass is 35.5. The Labute approximate surface area is 113 Å². The molecule has 0 amide bonds. The van der Waals surface area contributed by atoms with Gasteiger partial charge >= 0.3 is 0 Å². The highest BCUT2D eigenvalue weighted by Crippen LogP contribution is 2.17. The average molecular weight is 268 g/mol. The van der Waals surface area contributed by atoms with E-state index in [0.717, 1.165) is 13.1 Å². The number of Topliss-reactive ketones (excluding diaryl/α,β-unsaturated/α-hetero) is 1. The first-order valence-corrected chi connectivity index (χ1v) is 6.59. The van der Waals surface area contributed by atoms with Gasteiger partial charge in [-0.1, -0.05) is 23.7 Å². The molecule has 1 aromatic rings. The van der Waals surface area contributed by atoms with Crippen molar-refractivity contribution < 1.29 is 9.53 Å². The van der Waals surface area contributed by atoms with Crippen LogP contribution in [0.2, 0.25) is 5.02 Å². The van der Waals surface area contributed by atoms with Crippen LogP contribution < -0.4 is 0 Å². The van der Waals surface area contributed by atoms with Gasteiger partial charge in [0.1, 0.15) is 0 Å². The molecule has 0 radical (unpaired) electrons. The molecule has 1 aliphatic rings. The van der Waals surface area contributed by atoms with E-state index in [2.05, 4.69) is 4.90 Å². The Morgan fingerprint density at radius 3 is 2.56 bits per heavy atom. The van der Waals surface area contributed by atoms with Gasteiger partial charge in [0.2, 0.25) is 0 Å². The number of carbonyl (C=O) groups excluding carboxylic acids is 1. The zero-order chi connectivity index (χ0) is 13.1. The van der Waals surface area contributed by atoms with Crippen molar-refractivity contribution in [3.8, 4) is 0 Å². The van der Waals surface area contributed by atoms with Gasteiger partial charge in [-0.25, -0.2) is 0 Å². The van der Waals surface area contributed by atoms with Crippen LogP contribution in [0.4, 0.5) is 0 Å². The first kappa shape index (κ1) is 13.5. The number of benzene rings is 1. The van der Waals surface area contributed by atoms with E-state index in [4.69, 9.17) is 16.3 Å². The van der Waals surface area contributed by atoms with E-state index in [1.165, 1.54) is 0 Å². The number of carbonyl (C=O) groups is 1. The molecule has 0 aromatic heterocycles. The first-order chi connectivity index (χ1) is 8.56. The summed E-state index contributed by atoms with van der Waals surface area (Å²) < 4.78 is 5.65. The largest absolute Gasteiger partial charge is 0.373 e. The van der Waals surface area contributed by atoms with Gasteiger partial charge < -0.3 is 4.74 Å². The van der Waals surface area contributed by atoms with Crippen molar-refractivity contribution in [2.24, 2.45) is 0 Å². The van der Waals surface area contributed by atoms with Crippen LogP contribution in [-0.4, -0.2) is 42.5 Å². The predicted molar refractivity (Wildman–Crippen MR) is 72.2 cm³/mol. The van der Waals surface area contributed by atoms with E-state index in [1.54, 1.807) is 12.1 Å². The third kappa shape index (κ3) is 3.31. The smallest absolute Gasteiger partial charge is 0.178 e. The van der Waals surface area contributed by atoms with Gasteiger partial charge in [0.05, 0.1) is 23.8 Å². The number of rotatable bonds is 3. The van der Waals surface area contributed by atoms with Crippen molar-refractivity contribution in [2.45, 2.75) is 26.1 Å². The molecule has 1 aliphatic heterocycles. The third-order valence-electron chi connectivity index (χ3n) is 3.04. The number of ketones is 1. The fourth-order valence-electron chi connectivity index (χ4n) is 2.39. The van der Waals surface area contributed by atoms with Crippen LogP contribution >= 0.6 is 11.6 Å². The lowest BCUT2D eigenvalue weighted by atomic mass is 10.1. The van der Waals surface area contributed by atoms with Crippen LogP contribution in [0.1, 0.15) is 24.2 Å². The Kier molecular flexibility index (Phi) is 4.38. The van der Waals surface area contributed by atoms with Gasteiger partial charge in [0.25, 0.3) is 0 Å². The van der Waals surface area contributed by atoms with Crippen molar-refractivity contribution in [1.82, 2.24) is 4.90 Å². The van der Waals surface area contributed by atoms with E-state index in [-0.39, 0.29) is 18.0 Å². The minimum absolute atomic E-state index is 0.0712. The summed E-state index contributed by atoms with van der Waals surface area (Å²) in [4.78, 5) is 14.3. The molecular weight excluding hydrogens is 250 g/mol. The topological polar surface area (TPSA) is 29.5 Å². The molecule has 4 heteroatoms. The maximum atomic E-state index is 12.2. The molecule has 0 spiro atoms. The van der Waals surface area contributed by atoms with Crippen molar-refractivity contribution >= 4 is 17.4 Å². The average Bonchev–Trinajstić information content (AvgIpc) is 2.27. The normalized spacial score (nSPS) is 25.1. The highest BCUT2D eigenvalue weighted by Gasteiger charge is 2.24. The molecule has 1 fully saturated rings. The lowest BCUT2D eigenvalue weighted by Gasteiger charge is -2.34. The molecule has 2 atom stereocenters. The van der Waals surface area contributed by atoms with Crippen molar-refractivity contribution in [2.75, 3.05) is 19.6 Å². The summed E-state index contributed by atoms with van der Waals surface area (Å²) >= 11 is 6.03. The minimum atomic E-state index is 0.0712. The van der Waals surface area contributed by atoms with E-state index in [9.17, 15) is 4.79 Å². The molecule has 1 saturated heterocycles. The summed E-state index contributed by atoms with van der Waals surface area (Å²) in [7, 11) is 0. The Balaban J connectivity index is 2.01. The van der Waals surface area contributed by atoms with Gasteiger partial charge in [0.15, 0.2) is 5.78 Å². The maximum Gasteiger partial charge on any atom is 0.178 e. The Morgan fingerprint density at radius 1 is 1.33 bits per heavy atom. The molecule has 1 aromatic carbocycles. The summed E-state index contributed by atoms with van der Waals surface area (Å²) in [5.74, 6) is 0.0712. The van der Waals surface area contributed by atoms with E-state index < -0.39 is 0 Å². The molecule has 0 N–H and O–H groups in total. The van der Waals surface area contributed by atoms with Crippen LogP contribution in [0.15, 0.2) is 24.3 Å². The van der Waals surface area contributed by atoms with Gasteiger partial charge in [-0.15, -0.1) is 0 Å². The van der Waals surface area contributed by atoms with Gasteiger partial charge in [0, 0.05) is 18.7 Å². The lowest BCUT2D eigenvalue weighted by Crippen LogP contribution is -2.47. The lowest BCUT2D eigenvalue weighted by molar-refractivity contribution is -0.0652. The monoisotopic (exact) mass is 267 g/mol. The van der Waals surface area contributed by atoms with Gasteiger partial charge in [-0.05, 0) is 26.0 Å². The van der Waals surface area contributed by atoms with Crippen LogP contribution in [0.3, 0.4) is 0 Å². The van der Waals surface area contributed by atoms with Crippen molar-refractivity contribution in [1.29, 1.82) is 0 Å². The van der Waals surface area contributed by atoms with E-state index in [1.807, 2.05) is 26.0 Å². The maximum absolute atomic E-state index is 12.2. The van der Waals surface area contributed by atoms with Gasteiger partial charge in [-0.3, -0.25) is 9.69 Å². The van der Waals surface area contributed by atoms with E-state index in [0.29, 0.717) is 17.1 Å². The number of hydrogen-bond donors (Lipinski definition) is 0. The Bertz CT molecular complexity index is 426. The molecule has 0 aliphatic carbocycles. The second-order valence-electron chi connectivity index (χ2n) is 4.85. The number of ether oxygens (including phenoxy) is 1. The highest BCUT2D eigenvalue weighted by molar-refractivity contribution is 6.34. The second kappa shape index (κ2) is 5.83. The van der Waals surface area contributed by atoms with Crippen LogP contribution in [0, 0.1) is 0 Å². The molecule has 0 unspecified atom stereocenters. The van der Waals surface area contributed by atoms with Crippen molar-refractivity contribution in [3.63, 3.8) is 0 Å². The van der Waals surface area contributed by atoms with Crippen molar-refractivity contribution in [3.05, 3.63) is 34.9 Å². The first-order valence-electron chi connectivity index (χ1n) is 6.22. The second-order valence-corrected chi connectivity index (χ2v) is 5.26. The fraction of sp³-hybridized carbons (Fsp3) is 0.500. The number of nitrogens with zero attached hydrogens (tertiary/aromatic N) is 1. The predicted octanol–water partition coefficient (Wildman–Crippen LogP) is 2.63. The van der Waals surface area contributed by atoms with E-state index >= 15 is 0 Å². The van der Waals surface area contributed by atoms with Crippen LogP contribution in [0.5, 0.6) is 0 Å². The SMILES string of the molecule is C[C@H]1CN(CC(=O)c2ccccc2Cl)C[C@H](C)O1. The standard InChI is InChI=1S/C14H18ClNO2/c1-10-7-16(8-11(2)18-10)9-14(17)12-5-3-4-6-13(12)15/h3-6,10-11H,7-9H2,1-2H3/t10-,11-/m0/s1. The molecule has 0 saturated carbocycles. The van der Waals surface area contributed by atoms with Crippen LogP contribution in [-0.2, 0) is 4.74 Å². The molecule has 2 rings (SSSR count). The van der Waals surface area contributed by atoms with Gasteiger partial charge in [-0.2, -0.15) is 0 Å². The zero-order valence-electron chi connectivity index (χ0n) is 10.7. The zero-order valence-corrected chi connectivity index (χ0v) is 11.5. The minimum Gasteiger partial charge on any atom is -0.373 e. The number of hydrogen-bond acceptors (Lipinski definition) is 3. The van der Waals surface area contributed by atoms with Crippen LogP contribution in [0.25, 0.3) is 0 Å². The Morgan fingerprint density at radius 2 is 1.94 bits per heavy atom. The molecule has 3 nitrogen and oxygen atoms in total. The fourth-order valence-corrected chi connectivity index (χ4v) is 2.63. The summed E-state index contributed by atoms with van der Waals surface area (Å²) in [5.41, 5.74) is 0.603. The summed E-state index contributed by atoms with van der Waals surface area (Å²) in [6.45, 7) is 6.05.